The van der Waals surface area contributed by atoms with Crippen LogP contribution in [0.1, 0.15) is 38.9 Å². The lowest BCUT2D eigenvalue weighted by molar-refractivity contribution is -0.00865. The van der Waals surface area contributed by atoms with Gasteiger partial charge >= 0.3 is 0 Å². The lowest BCUT2D eigenvalue weighted by Crippen LogP contribution is -2.45. The number of rotatable bonds is 4. The lowest BCUT2D eigenvalue weighted by atomic mass is 9.92. The number of fused-ring (bicyclic) bond motifs is 1. The molecule has 3 atom stereocenters. The molecule has 6 heteroatoms. The minimum Gasteiger partial charge on any atom is -0.371 e. The van der Waals surface area contributed by atoms with Crippen LogP contribution in [0.3, 0.4) is 0 Å². The van der Waals surface area contributed by atoms with Crippen LogP contribution in [0.2, 0.25) is 0 Å². The SMILES string of the molecule is CCC(C)(OC)c1nc(N2CCCC3CNCC32)n[nH]1. The molecule has 0 radical (unpaired) electrons. The molecule has 0 aliphatic carbocycles. The summed E-state index contributed by atoms with van der Waals surface area (Å²) in [6.45, 7) is 7.37. The molecule has 0 saturated carbocycles. The Bertz CT molecular complexity index is 456. The van der Waals surface area contributed by atoms with Gasteiger partial charge in [0.25, 0.3) is 0 Å². The Labute approximate surface area is 120 Å². The molecule has 3 rings (SSSR count). The van der Waals surface area contributed by atoms with Gasteiger partial charge in [-0.2, -0.15) is 4.98 Å². The number of methoxy groups -OCH3 is 1. The summed E-state index contributed by atoms with van der Waals surface area (Å²) in [5, 5.41) is 11.0. The number of nitrogens with one attached hydrogen (secondary N) is 2. The van der Waals surface area contributed by atoms with Gasteiger partial charge < -0.3 is 15.0 Å². The zero-order chi connectivity index (χ0) is 14.2. The van der Waals surface area contributed by atoms with Crippen molar-refractivity contribution in [3.05, 3.63) is 5.82 Å². The molecule has 0 bridgehead atoms. The van der Waals surface area contributed by atoms with Crippen LogP contribution < -0.4 is 10.2 Å². The van der Waals surface area contributed by atoms with E-state index in [9.17, 15) is 0 Å². The Kier molecular flexibility index (Phi) is 3.69. The molecule has 2 fully saturated rings. The molecule has 1 aromatic rings. The summed E-state index contributed by atoms with van der Waals surface area (Å²) in [4.78, 5) is 7.08. The average molecular weight is 279 g/mol. The molecule has 0 spiro atoms. The number of aromatic amines is 1. The molecule has 3 unspecified atom stereocenters. The molecule has 20 heavy (non-hydrogen) atoms. The lowest BCUT2D eigenvalue weighted by Gasteiger charge is -2.36. The van der Waals surface area contributed by atoms with E-state index in [4.69, 9.17) is 9.72 Å². The third-order valence-corrected chi connectivity index (χ3v) is 5.04. The van der Waals surface area contributed by atoms with Gasteiger partial charge in [0.15, 0.2) is 5.82 Å². The second-order valence-corrected chi connectivity index (χ2v) is 6.09. The van der Waals surface area contributed by atoms with E-state index in [1.807, 2.05) is 6.92 Å². The Morgan fingerprint density at radius 2 is 2.30 bits per heavy atom. The fraction of sp³-hybridized carbons (Fsp3) is 0.857. The highest BCUT2D eigenvalue weighted by atomic mass is 16.5. The van der Waals surface area contributed by atoms with E-state index in [0.717, 1.165) is 43.7 Å². The first-order valence-electron chi connectivity index (χ1n) is 7.63. The van der Waals surface area contributed by atoms with Crippen LogP contribution in [0.25, 0.3) is 0 Å². The van der Waals surface area contributed by atoms with Gasteiger partial charge in [-0.3, -0.25) is 5.10 Å². The molecular weight excluding hydrogens is 254 g/mol. The van der Waals surface area contributed by atoms with Gasteiger partial charge in [-0.05, 0) is 32.1 Å². The molecule has 0 amide bonds. The summed E-state index contributed by atoms with van der Waals surface area (Å²) in [5.41, 5.74) is -0.381. The Hall–Kier alpha value is -1.14. The highest BCUT2D eigenvalue weighted by Crippen LogP contribution is 2.31. The van der Waals surface area contributed by atoms with Crippen molar-refractivity contribution in [2.75, 3.05) is 31.6 Å². The molecule has 6 nitrogen and oxygen atoms in total. The van der Waals surface area contributed by atoms with Crippen LogP contribution in [0.5, 0.6) is 0 Å². The Morgan fingerprint density at radius 3 is 3.05 bits per heavy atom. The van der Waals surface area contributed by atoms with Crippen LogP contribution >= 0.6 is 0 Å². The van der Waals surface area contributed by atoms with Crippen molar-refractivity contribution in [2.24, 2.45) is 5.92 Å². The van der Waals surface area contributed by atoms with Crippen LogP contribution in [-0.2, 0) is 10.3 Å². The van der Waals surface area contributed by atoms with Crippen LogP contribution in [0, 0.1) is 5.92 Å². The number of hydrogen-bond acceptors (Lipinski definition) is 5. The number of aromatic nitrogens is 3. The van der Waals surface area contributed by atoms with Crippen LogP contribution in [0.15, 0.2) is 0 Å². The number of ether oxygens (including phenoxy) is 1. The third-order valence-electron chi connectivity index (χ3n) is 5.04. The summed E-state index contributed by atoms with van der Waals surface area (Å²) in [7, 11) is 1.73. The summed E-state index contributed by atoms with van der Waals surface area (Å²) in [5.74, 6) is 2.39. The number of H-pyrrole nitrogens is 1. The van der Waals surface area contributed by atoms with E-state index in [1.165, 1.54) is 12.8 Å². The predicted molar refractivity (Wildman–Crippen MR) is 77.8 cm³/mol. The first-order chi connectivity index (χ1) is 9.68. The fourth-order valence-corrected chi connectivity index (χ4v) is 3.34. The van der Waals surface area contributed by atoms with Crippen molar-refractivity contribution < 1.29 is 4.74 Å². The Morgan fingerprint density at radius 1 is 1.45 bits per heavy atom. The summed E-state index contributed by atoms with van der Waals surface area (Å²) in [6.07, 6.45) is 3.41. The van der Waals surface area contributed by atoms with Gasteiger partial charge in [0.1, 0.15) is 5.60 Å². The average Bonchev–Trinajstić information content (AvgIpc) is 3.14. The maximum atomic E-state index is 5.60. The smallest absolute Gasteiger partial charge is 0.245 e. The molecule has 1 aromatic heterocycles. The number of piperidine rings is 1. The minimum atomic E-state index is -0.381. The molecule has 112 valence electrons. The number of nitrogens with zero attached hydrogens (tertiary/aromatic N) is 3. The van der Waals surface area contributed by atoms with Crippen LogP contribution in [-0.4, -0.2) is 48.0 Å². The van der Waals surface area contributed by atoms with Crippen molar-refractivity contribution in [3.63, 3.8) is 0 Å². The molecule has 3 heterocycles. The zero-order valence-electron chi connectivity index (χ0n) is 12.6. The quantitative estimate of drug-likeness (QED) is 0.869. The van der Waals surface area contributed by atoms with Crippen molar-refractivity contribution in [2.45, 2.75) is 44.8 Å². The Balaban J connectivity index is 1.82. The van der Waals surface area contributed by atoms with Gasteiger partial charge in [-0.15, -0.1) is 5.10 Å². The maximum absolute atomic E-state index is 5.60. The first kappa shape index (κ1) is 13.8. The normalized spacial score (nSPS) is 29.2. The van der Waals surface area contributed by atoms with Crippen molar-refractivity contribution in [1.29, 1.82) is 0 Å². The third kappa shape index (κ3) is 2.20. The van der Waals surface area contributed by atoms with Gasteiger partial charge in [0.2, 0.25) is 5.95 Å². The summed E-state index contributed by atoms with van der Waals surface area (Å²) in [6, 6.07) is 0.544. The van der Waals surface area contributed by atoms with Gasteiger partial charge in [-0.25, -0.2) is 0 Å². The van der Waals surface area contributed by atoms with Crippen LogP contribution in [0.4, 0.5) is 5.95 Å². The van der Waals surface area contributed by atoms with E-state index in [0.29, 0.717) is 6.04 Å². The van der Waals surface area contributed by atoms with Crippen molar-refractivity contribution in [1.82, 2.24) is 20.5 Å². The van der Waals surface area contributed by atoms with E-state index in [-0.39, 0.29) is 5.60 Å². The second kappa shape index (κ2) is 5.33. The molecule has 0 aromatic carbocycles. The molecular formula is C14H25N5O. The second-order valence-electron chi connectivity index (χ2n) is 6.09. The highest BCUT2D eigenvalue weighted by molar-refractivity contribution is 5.34. The van der Waals surface area contributed by atoms with Gasteiger partial charge in [-0.1, -0.05) is 6.92 Å². The molecule has 2 aliphatic rings. The zero-order valence-corrected chi connectivity index (χ0v) is 12.6. The summed E-state index contributed by atoms with van der Waals surface area (Å²) < 4.78 is 5.60. The van der Waals surface area contributed by atoms with E-state index < -0.39 is 0 Å². The van der Waals surface area contributed by atoms with Gasteiger partial charge in [0, 0.05) is 32.8 Å². The van der Waals surface area contributed by atoms with Crippen molar-refractivity contribution in [3.8, 4) is 0 Å². The largest absolute Gasteiger partial charge is 0.371 e. The molecule has 2 N–H and O–H groups in total. The topological polar surface area (TPSA) is 66.1 Å². The highest BCUT2D eigenvalue weighted by Gasteiger charge is 2.37. The maximum Gasteiger partial charge on any atom is 0.245 e. The minimum absolute atomic E-state index is 0.381. The number of anilines is 1. The standard InChI is InChI=1S/C14H25N5O/c1-4-14(2,20-3)12-16-13(18-17-12)19-7-5-6-10-8-15-9-11(10)19/h10-11,15H,4-9H2,1-3H3,(H,16,17,18). The van der Waals surface area contributed by atoms with Gasteiger partial charge in [0.05, 0.1) is 0 Å². The summed E-state index contributed by atoms with van der Waals surface area (Å²) >= 11 is 0. The van der Waals surface area contributed by atoms with E-state index >= 15 is 0 Å². The first-order valence-corrected chi connectivity index (χ1v) is 7.63. The fourth-order valence-electron chi connectivity index (χ4n) is 3.34. The molecule has 2 aliphatic heterocycles. The predicted octanol–water partition coefficient (Wildman–Crippen LogP) is 1.26. The van der Waals surface area contributed by atoms with E-state index in [2.05, 4.69) is 27.3 Å². The molecule has 2 saturated heterocycles. The number of hydrogen-bond donors (Lipinski definition) is 2. The van der Waals surface area contributed by atoms with Crippen molar-refractivity contribution >= 4 is 5.95 Å². The monoisotopic (exact) mass is 279 g/mol. The van der Waals surface area contributed by atoms with E-state index in [1.54, 1.807) is 7.11 Å².